The van der Waals surface area contributed by atoms with Crippen molar-refractivity contribution in [3.8, 4) is 0 Å². The number of hydrogen-bond donors (Lipinski definition) is 1. The fraction of sp³-hybridized carbons (Fsp3) is 0.700. The summed E-state index contributed by atoms with van der Waals surface area (Å²) in [6.45, 7) is 0.690. The Labute approximate surface area is 102 Å². The molecule has 0 aromatic carbocycles. The first kappa shape index (κ1) is 14.4. The smallest absolute Gasteiger partial charge is 0.365 e. The van der Waals surface area contributed by atoms with E-state index in [-0.39, 0.29) is 12.6 Å². The van der Waals surface area contributed by atoms with E-state index in [1.54, 1.807) is 0 Å². The molecule has 1 heterocycles. The van der Waals surface area contributed by atoms with E-state index in [0.29, 0.717) is 5.01 Å². The molecule has 0 bridgehead atoms. The minimum atomic E-state index is -4.28. The Balaban J connectivity index is 2.46. The Morgan fingerprint density at radius 1 is 1.53 bits per heavy atom. The molecular formula is C10H15F3N2OS. The molecule has 0 amide bonds. The lowest BCUT2D eigenvalue weighted by Gasteiger charge is -2.09. The summed E-state index contributed by atoms with van der Waals surface area (Å²) in [7, 11) is 1.83. The lowest BCUT2D eigenvalue weighted by atomic mass is 10.2. The molecule has 0 saturated carbocycles. The first-order valence-electron chi connectivity index (χ1n) is 5.22. The fourth-order valence-electron chi connectivity index (χ4n) is 1.37. The van der Waals surface area contributed by atoms with Gasteiger partial charge in [0.1, 0.15) is 11.6 Å². The van der Waals surface area contributed by atoms with Gasteiger partial charge < -0.3 is 10.1 Å². The van der Waals surface area contributed by atoms with Gasteiger partial charge in [-0.05, 0) is 13.5 Å². The SMILES string of the molecule is CCC(NC)c1csc(COCC(F)(F)F)n1. The van der Waals surface area contributed by atoms with Gasteiger partial charge in [0.25, 0.3) is 0 Å². The van der Waals surface area contributed by atoms with Crippen LogP contribution in [0, 0.1) is 0 Å². The van der Waals surface area contributed by atoms with Crippen LogP contribution in [-0.4, -0.2) is 24.8 Å². The number of thiazole rings is 1. The molecule has 98 valence electrons. The van der Waals surface area contributed by atoms with E-state index < -0.39 is 12.8 Å². The molecule has 17 heavy (non-hydrogen) atoms. The predicted octanol–water partition coefficient (Wildman–Crippen LogP) is 2.89. The van der Waals surface area contributed by atoms with Crippen LogP contribution >= 0.6 is 11.3 Å². The predicted molar refractivity (Wildman–Crippen MR) is 59.9 cm³/mol. The highest BCUT2D eigenvalue weighted by atomic mass is 32.1. The summed E-state index contributed by atoms with van der Waals surface area (Å²) in [5, 5.41) is 5.50. The molecule has 1 N–H and O–H groups in total. The summed E-state index contributed by atoms with van der Waals surface area (Å²) < 4.78 is 40.1. The molecule has 1 aromatic rings. The van der Waals surface area contributed by atoms with Crippen molar-refractivity contribution in [2.75, 3.05) is 13.7 Å². The summed E-state index contributed by atoms with van der Waals surface area (Å²) in [6.07, 6.45) is -3.40. The van der Waals surface area contributed by atoms with E-state index in [0.717, 1.165) is 12.1 Å². The van der Waals surface area contributed by atoms with Crippen LogP contribution in [-0.2, 0) is 11.3 Å². The summed E-state index contributed by atoms with van der Waals surface area (Å²) >= 11 is 1.32. The average Bonchev–Trinajstić information content (AvgIpc) is 2.67. The first-order chi connectivity index (χ1) is 7.96. The van der Waals surface area contributed by atoms with Crippen molar-refractivity contribution in [2.24, 2.45) is 0 Å². The van der Waals surface area contributed by atoms with E-state index in [9.17, 15) is 13.2 Å². The Kier molecular flexibility index (Phi) is 5.35. The summed E-state index contributed by atoms with van der Waals surface area (Å²) in [4.78, 5) is 4.24. The van der Waals surface area contributed by atoms with Gasteiger partial charge in [-0.25, -0.2) is 4.98 Å². The summed E-state index contributed by atoms with van der Waals surface area (Å²) in [5.41, 5.74) is 0.852. The van der Waals surface area contributed by atoms with Gasteiger partial charge >= 0.3 is 6.18 Å². The Morgan fingerprint density at radius 3 is 2.76 bits per heavy atom. The molecule has 1 aromatic heterocycles. The molecule has 0 saturated heterocycles. The van der Waals surface area contributed by atoms with E-state index in [1.807, 2.05) is 19.4 Å². The van der Waals surface area contributed by atoms with Gasteiger partial charge in [0.05, 0.1) is 12.3 Å². The van der Waals surface area contributed by atoms with Crippen molar-refractivity contribution in [1.82, 2.24) is 10.3 Å². The van der Waals surface area contributed by atoms with Crippen molar-refractivity contribution in [3.63, 3.8) is 0 Å². The molecular weight excluding hydrogens is 253 g/mol. The van der Waals surface area contributed by atoms with Crippen LogP contribution in [0.2, 0.25) is 0 Å². The minimum Gasteiger partial charge on any atom is -0.365 e. The van der Waals surface area contributed by atoms with E-state index in [1.165, 1.54) is 11.3 Å². The lowest BCUT2D eigenvalue weighted by Crippen LogP contribution is -2.17. The molecule has 1 unspecified atom stereocenters. The van der Waals surface area contributed by atoms with Crippen LogP contribution in [0.5, 0.6) is 0 Å². The van der Waals surface area contributed by atoms with Crippen LogP contribution < -0.4 is 5.32 Å². The van der Waals surface area contributed by atoms with Crippen LogP contribution in [0.1, 0.15) is 30.1 Å². The quantitative estimate of drug-likeness (QED) is 0.861. The largest absolute Gasteiger partial charge is 0.411 e. The molecule has 0 spiro atoms. The Hall–Kier alpha value is -0.660. The second-order valence-corrected chi connectivity index (χ2v) is 4.47. The van der Waals surface area contributed by atoms with Gasteiger partial charge in [0.15, 0.2) is 0 Å². The maximum absolute atomic E-state index is 11.8. The van der Waals surface area contributed by atoms with Crippen molar-refractivity contribution < 1.29 is 17.9 Å². The van der Waals surface area contributed by atoms with E-state index >= 15 is 0 Å². The van der Waals surface area contributed by atoms with E-state index in [4.69, 9.17) is 0 Å². The number of aromatic nitrogens is 1. The minimum absolute atomic E-state index is 0.0929. The first-order valence-corrected chi connectivity index (χ1v) is 6.10. The maximum Gasteiger partial charge on any atom is 0.411 e. The standard InChI is InChI=1S/C10H15F3N2OS/c1-3-7(14-2)8-5-17-9(15-8)4-16-6-10(11,12)13/h5,7,14H,3-4,6H2,1-2H3. The third-order valence-corrected chi connectivity index (χ3v) is 3.02. The molecule has 0 aliphatic rings. The lowest BCUT2D eigenvalue weighted by molar-refractivity contribution is -0.176. The normalized spacial score (nSPS) is 13.9. The van der Waals surface area contributed by atoms with Gasteiger partial charge in [-0.3, -0.25) is 0 Å². The Bertz CT molecular complexity index is 337. The van der Waals surface area contributed by atoms with Gasteiger partial charge in [-0.1, -0.05) is 6.92 Å². The van der Waals surface area contributed by atoms with Crippen LogP contribution in [0.25, 0.3) is 0 Å². The summed E-state index contributed by atoms with van der Waals surface area (Å²) in [5.74, 6) is 0. The molecule has 0 aliphatic heterocycles. The van der Waals surface area contributed by atoms with Crippen LogP contribution in [0.3, 0.4) is 0 Å². The maximum atomic E-state index is 11.8. The zero-order valence-electron chi connectivity index (χ0n) is 9.67. The molecule has 3 nitrogen and oxygen atoms in total. The van der Waals surface area contributed by atoms with Crippen LogP contribution in [0.15, 0.2) is 5.38 Å². The molecule has 0 radical (unpaired) electrons. The molecule has 0 fully saturated rings. The zero-order valence-corrected chi connectivity index (χ0v) is 10.5. The number of halogens is 3. The molecule has 7 heteroatoms. The van der Waals surface area contributed by atoms with Crippen LogP contribution in [0.4, 0.5) is 13.2 Å². The topological polar surface area (TPSA) is 34.1 Å². The highest BCUT2D eigenvalue weighted by Crippen LogP contribution is 2.21. The van der Waals surface area contributed by atoms with Gasteiger partial charge in [-0.2, -0.15) is 13.2 Å². The zero-order chi connectivity index (χ0) is 12.9. The number of nitrogens with zero attached hydrogens (tertiary/aromatic N) is 1. The Morgan fingerprint density at radius 2 is 2.24 bits per heavy atom. The highest BCUT2D eigenvalue weighted by Gasteiger charge is 2.27. The summed E-state index contributed by atoms with van der Waals surface area (Å²) in [6, 6.07) is 0.141. The average molecular weight is 268 g/mol. The highest BCUT2D eigenvalue weighted by molar-refractivity contribution is 7.09. The second-order valence-electron chi connectivity index (χ2n) is 3.52. The number of rotatable bonds is 6. The van der Waals surface area contributed by atoms with E-state index in [2.05, 4.69) is 15.0 Å². The van der Waals surface area contributed by atoms with Crippen molar-refractivity contribution in [1.29, 1.82) is 0 Å². The molecule has 0 aliphatic carbocycles. The van der Waals surface area contributed by atoms with Crippen molar-refractivity contribution >= 4 is 11.3 Å². The van der Waals surface area contributed by atoms with Crippen molar-refractivity contribution in [2.45, 2.75) is 32.2 Å². The third kappa shape index (κ3) is 5.01. The number of ether oxygens (including phenoxy) is 1. The monoisotopic (exact) mass is 268 g/mol. The van der Waals surface area contributed by atoms with Gasteiger partial charge in [-0.15, -0.1) is 11.3 Å². The number of hydrogen-bond acceptors (Lipinski definition) is 4. The van der Waals surface area contributed by atoms with Gasteiger partial charge in [0, 0.05) is 11.4 Å². The fourth-order valence-corrected chi connectivity index (χ4v) is 2.15. The third-order valence-electron chi connectivity index (χ3n) is 2.17. The number of nitrogens with one attached hydrogen (secondary N) is 1. The number of alkyl halides is 3. The molecule has 1 rings (SSSR count). The van der Waals surface area contributed by atoms with Gasteiger partial charge in [0.2, 0.25) is 0 Å². The second kappa shape index (κ2) is 6.32. The van der Waals surface area contributed by atoms with Crippen molar-refractivity contribution in [3.05, 3.63) is 16.1 Å². The molecule has 1 atom stereocenters.